The van der Waals surface area contributed by atoms with Crippen molar-refractivity contribution >= 4 is 5.97 Å². The van der Waals surface area contributed by atoms with Crippen LogP contribution >= 0.6 is 0 Å². The zero-order valence-corrected chi connectivity index (χ0v) is 9.67. The van der Waals surface area contributed by atoms with Crippen molar-refractivity contribution in [1.29, 1.82) is 0 Å². The third-order valence-electron chi connectivity index (χ3n) is 2.22. The Bertz CT molecular complexity index is 658. The summed E-state index contributed by atoms with van der Waals surface area (Å²) in [6.07, 6.45) is 3.12. The molecule has 0 radical (unpaired) electrons. The van der Waals surface area contributed by atoms with Gasteiger partial charge in [0.1, 0.15) is 5.69 Å². The van der Waals surface area contributed by atoms with Crippen molar-refractivity contribution in [3.63, 3.8) is 0 Å². The van der Waals surface area contributed by atoms with Crippen LogP contribution in [0.25, 0.3) is 11.5 Å². The number of carbonyl (C=O) groups excluding carboxylic acids is 1. The van der Waals surface area contributed by atoms with E-state index in [1.807, 2.05) is 0 Å². The molecule has 94 valence electrons. The van der Waals surface area contributed by atoms with Crippen molar-refractivity contribution in [3.8, 4) is 17.3 Å². The Morgan fingerprint density at radius 2 is 2.28 bits per heavy atom. The summed E-state index contributed by atoms with van der Waals surface area (Å²) < 4.78 is 6.08. The molecule has 0 bridgehead atoms. The molecule has 2 rings (SSSR count). The minimum absolute atomic E-state index is 0.0822. The number of nitrogens with one attached hydrogen (secondary N) is 1. The number of aromatic nitrogens is 4. The van der Waals surface area contributed by atoms with Crippen LogP contribution in [0, 0.1) is 0 Å². The number of esters is 1. The molecule has 2 aromatic rings. The lowest BCUT2D eigenvalue weighted by Gasteiger charge is -2.02. The van der Waals surface area contributed by atoms with Gasteiger partial charge in [0.25, 0.3) is 5.56 Å². The smallest absolute Gasteiger partial charge is 0.360 e. The first-order chi connectivity index (χ1) is 8.52. The van der Waals surface area contributed by atoms with E-state index in [1.54, 1.807) is 17.8 Å². The second-order valence-corrected chi connectivity index (χ2v) is 3.53. The zero-order chi connectivity index (χ0) is 13.3. The molecule has 0 aliphatic carbocycles. The van der Waals surface area contributed by atoms with E-state index in [0.29, 0.717) is 5.69 Å². The molecule has 0 atom stereocenters. The van der Waals surface area contributed by atoms with Gasteiger partial charge < -0.3 is 19.4 Å². The third kappa shape index (κ3) is 1.95. The summed E-state index contributed by atoms with van der Waals surface area (Å²) in [6.45, 7) is 0. The van der Waals surface area contributed by atoms with Gasteiger partial charge in [0, 0.05) is 13.2 Å². The van der Waals surface area contributed by atoms with Crippen molar-refractivity contribution in [2.45, 2.75) is 0 Å². The summed E-state index contributed by atoms with van der Waals surface area (Å²) >= 11 is 0. The summed E-state index contributed by atoms with van der Waals surface area (Å²) in [5.74, 6) is -1.59. The number of rotatable bonds is 2. The minimum atomic E-state index is -0.893. The van der Waals surface area contributed by atoms with Gasteiger partial charge in [-0.25, -0.2) is 14.8 Å². The molecule has 8 heteroatoms. The summed E-state index contributed by atoms with van der Waals surface area (Å²) in [5, 5.41) is 9.44. The average Bonchev–Trinajstić information content (AvgIpc) is 2.78. The fourth-order valence-corrected chi connectivity index (χ4v) is 1.36. The molecule has 0 aromatic carbocycles. The van der Waals surface area contributed by atoms with Gasteiger partial charge in [-0.15, -0.1) is 0 Å². The third-order valence-corrected chi connectivity index (χ3v) is 2.22. The Labute approximate surface area is 101 Å². The molecule has 2 heterocycles. The van der Waals surface area contributed by atoms with Crippen LogP contribution in [-0.2, 0) is 11.8 Å². The van der Waals surface area contributed by atoms with E-state index in [0.717, 1.165) is 7.11 Å². The van der Waals surface area contributed by atoms with Gasteiger partial charge >= 0.3 is 5.97 Å². The summed E-state index contributed by atoms with van der Waals surface area (Å²) in [5.41, 5.74) is -0.896. The Morgan fingerprint density at radius 3 is 2.83 bits per heavy atom. The zero-order valence-electron chi connectivity index (χ0n) is 9.67. The van der Waals surface area contributed by atoms with Gasteiger partial charge in [0.05, 0.1) is 13.4 Å². The Balaban J connectivity index is 2.61. The minimum Gasteiger partial charge on any atom is -0.501 e. The van der Waals surface area contributed by atoms with Crippen molar-refractivity contribution in [2.24, 2.45) is 7.05 Å². The standard InChI is InChI=1S/C10H10N4O4/c1-14-3-5(11-4-14)8-12-6(10(17)18-2)7(15)9(16)13-8/h3-4,15H,1-2H3,(H,12,13,16). The number of carbonyl (C=O) groups is 1. The number of aromatic hydroxyl groups is 1. The maximum atomic E-state index is 11.5. The maximum Gasteiger partial charge on any atom is 0.360 e. The SMILES string of the molecule is COC(=O)c1nc(-c2cn(C)cn2)[nH]c(=O)c1O. The number of methoxy groups -OCH3 is 1. The molecule has 0 saturated heterocycles. The van der Waals surface area contributed by atoms with Crippen molar-refractivity contribution < 1.29 is 14.6 Å². The largest absolute Gasteiger partial charge is 0.501 e. The van der Waals surface area contributed by atoms with Crippen molar-refractivity contribution in [3.05, 3.63) is 28.6 Å². The van der Waals surface area contributed by atoms with Crippen LogP contribution in [0.15, 0.2) is 17.3 Å². The Hall–Kier alpha value is -2.64. The van der Waals surface area contributed by atoms with Crippen LogP contribution < -0.4 is 5.56 Å². The highest BCUT2D eigenvalue weighted by Gasteiger charge is 2.19. The fourth-order valence-electron chi connectivity index (χ4n) is 1.36. The van der Waals surface area contributed by atoms with Crippen LogP contribution in [0.5, 0.6) is 5.75 Å². The van der Waals surface area contributed by atoms with Gasteiger partial charge in [-0.05, 0) is 0 Å². The molecule has 0 fully saturated rings. The molecular weight excluding hydrogens is 240 g/mol. The van der Waals surface area contributed by atoms with E-state index >= 15 is 0 Å². The van der Waals surface area contributed by atoms with E-state index in [1.165, 1.54) is 6.33 Å². The molecule has 0 aliphatic rings. The highest BCUT2D eigenvalue weighted by atomic mass is 16.5. The first-order valence-electron chi connectivity index (χ1n) is 4.93. The molecule has 2 aromatic heterocycles. The highest BCUT2D eigenvalue weighted by Crippen LogP contribution is 2.15. The topological polar surface area (TPSA) is 110 Å². The van der Waals surface area contributed by atoms with Crippen LogP contribution in [0.2, 0.25) is 0 Å². The number of imidazole rings is 1. The molecule has 0 saturated carbocycles. The quantitative estimate of drug-likeness (QED) is 0.706. The predicted octanol–water partition coefficient (Wildman–Crippen LogP) is -0.337. The lowest BCUT2D eigenvalue weighted by molar-refractivity contribution is 0.0590. The number of nitrogens with zero attached hydrogens (tertiary/aromatic N) is 3. The fraction of sp³-hybridized carbons (Fsp3) is 0.200. The first kappa shape index (κ1) is 11.8. The average molecular weight is 250 g/mol. The second kappa shape index (κ2) is 4.32. The van der Waals surface area contributed by atoms with E-state index < -0.39 is 23.0 Å². The van der Waals surface area contributed by atoms with Gasteiger partial charge in [-0.2, -0.15) is 0 Å². The van der Waals surface area contributed by atoms with E-state index in [-0.39, 0.29) is 5.82 Å². The maximum absolute atomic E-state index is 11.5. The number of aromatic amines is 1. The van der Waals surface area contributed by atoms with Gasteiger partial charge in [0.15, 0.2) is 11.5 Å². The monoisotopic (exact) mass is 250 g/mol. The lowest BCUT2D eigenvalue weighted by atomic mass is 10.3. The van der Waals surface area contributed by atoms with Crippen LogP contribution in [0.3, 0.4) is 0 Å². The Kier molecular flexibility index (Phi) is 2.84. The number of ether oxygens (including phenoxy) is 1. The summed E-state index contributed by atoms with van der Waals surface area (Å²) in [4.78, 5) is 33.0. The van der Waals surface area contributed by atoms with Crippen molar-refractivity contribution in [1.82, 2.24) is 19.5 Å². The van der Waals surface area contributed by atoms with E-state index in [9.17, 15) is 14.7 Å². The van der Waals surface area contributed by atoms with Gasteiger partial charge in [-0.1, -0.05) is 0 Å². The number of H-pyrrole nitrogens is 1. The number of aryl methyl sites for hydroxylation is 1. The second-order valence-electron chi connectivity index (χ2n) is 3.53. The van der Waals surface area contributed by atoms with Crippen LogP contribution in [0.4, 0.5) is 0 Å². The normalized spacial score (nSPS) is 10.3. The van der Waals surface area contributed by atoms with Crippen LogP contribution in [-0.4, -0.2) is 37.7 Å². The molecule has 0 unspecified atom stereocenters. The first-order valence-corrected chi connectivity index (χ1v) is 4.93. The summed E-state index contributed by atoms with van der Waals surface area (Å²) in [7, 11) is 2.88. The molecule has 0 aliphatic heterocycles. The molecule has 8 nitrogen and oxygen atoms in total. The van der Waals surface area contributed by atoms with Gasteiger partial charge in [-0.3, -0.25) is 4.79 Å². The van der Waals surface area contributed by atoms with Crippen LogP contribution in [0.1, 0.15) is 10.5 Å². The molecule has 0 spiro atoms. The Morgan fingerprint density at radius 1 is 1.56 bits per heavy atom. The van der Waals surface area contributed by atoms with Crippen molar-refractivity contribution in [2.75, 3.05) is 7.11 Å². The predicted molar refractivity (Wildman–Crippen MR) is 60.1 cm³/mol. The number of hydrogen-bond acceptors (Lipinski definition) is 6. The van der Waals surface area contributed by atoms with E-state index in [4.69, 9.17) is 0 Å². The summed E-state index contributed by atoms with van der Waals surface area (Å²) in [6, 6.07) is 0. The molecule has 2 N–H and O–H groups in total. The lowest BCUT2D eigenvalue weighted by Crippen LogP contribution is -2.16. The van der Waals surface area contributed by atoms with Gasteiger partial charge in [0.2, 0.25) is 5.75 Å². The molecule has 18 heavy (non-hydrogen) atoms. The molecular formula is C10H10N4O4. The number of hydrogen-bond donors (Lipinski definition) is 2. The highest BCUT2D eigenvalue weighted by molar-refractivity contribution is 5.90. The van der Waals surface area contributed by atoms with E-state index in [2.05, 4.69) is 19.7 Å². The molecule has 0 amide bonds.